The van der Waals surface area contributed by atoms with Crippen LogP contribution in [0.15, 0.2) is 22.7 Å². The maximum Gasteiger partial charge on any atom is 0.254 e. The third kappa shape index (κ3) is 3.71. The second-order valence-corrected chi connectivity index (χ2v) is 5.76. The van der Waals surface area contributed by atoms with Crippen molar-refractivity contribution in [3.05, 3.63) is 33.8 Å². The minimum Gasteiger partial charge on any atom is -0.338 e. The predicted molar refractivity (Wildman–Crippen MR) is 83.8 cm³/mol. The van der Waals surface area contributed by atoms with Crippen LogP contribution in [0.4, 0.5) is 0 Å². The molecule has 1 aromatic rings. The van der Waals surface area contributed by atoms with Crippen molar-refractivity contribution in [1.29, 1.82) is 0 Å². The molecule has 1 atom stereocenters. The molecule has 0 radical (unpaired) electrons. The van der Waals surface area contributed by atoms with Gasteiger partial charge in [0, 0.05) is 23.1 Å². The van der Waals surface area contributed by atoms with Gasteiger partial charge in [-0.25, -0.2) is 0 Å². The summed E-state index contributed by atoms with van der Waals surface area (Å²) in [6.45, 7) is 4.28. The van der Waals surface area contributed by atoms with Crippen LogP contribution in [-0.2, 0) is 0 Å². The molecule has 1 unspecified atom stereocenters. The number of rotatable bonds is 2. The van der Waals surface area contributed by atoms with Crippen LogP contribution in [0, 0.1) is 12.8 Å². The van der Waals surface area contributed by atoms with E-state index in [-0.39, 0.29) is 18.3 Å². The summed E-state index contributed by atoms with van der Waals surface area (Å²) in [7, 11) is 0. The standard InChI is InChI=1S/C14H19BrN2O.ClH/c1-10-12(5-2-6-13(10)15)14(18)17-7-3-4-11(8-16)9-17;/h2,5-6,11H,3-4,7-9,16H2,1H3;1H. The SMILES string of the molecule is Cc1c(Br)cccc1C(=O)N1CCCC(CN)C1.Cl. The van der Waals surface area contributed by atoms with Crippen LogP contribution in [-0.4, -0.2) is 30.4 Å². The minimum atomic E-state index is 0. The highest BCUT2D eigenvalue weighted by Crippen LogP contribution is 2.23. The Balaban J connectivity index is 0.00000180. The molecule has 1 aliphatic rings. The number of halogens is 2. The van der Waals surface area contributed by atoms with Crippen LogP contribution < -0.4 is 5.73 Å². The number of benzene rings is 1. The van der Waals surface area contributed by atoms with Crippen molar-refractivity contribution in [3.63, 3.8) is 0 Å². The van der Waals surface area contributed by atoms with Gasteiger partial charge in [0.1, 0.15) is 0 Å². The van der Waals surface area contributed by atoms with Crippen LogP contribution in [0.2, 0.25) is 0 Å². The van der Waals surface area contributed by atoms with Crippen molar-refractivity contribution in [2.75, 3.05) is 19.6 Å². The first-order valence-corrected chi connectivity index (χ1v) is 7.17. The van der Waals surface area contributed by atoms with E-state index in [2.05, 4.69) is 15.9 Å². The van der Waals surface area contributed by atoms with Crippen LogP contribution in [0.5, 0.6) is 0 Å². The molecule has 1 saturated heterocycles. The quantitative estimate of drug-likeness (QED) is 0.894. The van der Waals surface area contributed by atoms with E-state index in [1.54, 1.807) is 0 Å². The molecule has 0 aromatic heterocycles. The number of hydrogen-bond acceptors (Lipinski definition) is 2. The Bertz CT molecular complexity index is 453. The number of likely N-dealkylation sites (tertiary alicyclic amines) is 1. The summed E-state index contributed by atoms with van der Waals surface area (Å²) in [5.41, 5.74) is 7.52. The Morgan fingerprint density at radius 2 is 2.26 bits per heavy atom. The first kappa shape index (κ1) is 16.5. The van der Waals surface area contributed by atoms with Crippen molar-refractivity contribution in [2.45, 2.75) is 19.8 Å². The fourth-order valence-electron chi connectivity index (χ4n) is 2.45. The van der Waals surface area contributed by atoms with Gasteiger partial charge >= 0.3 is 0 Å². The van der Waals surface area contributed by atoms with Crippen LogP contribution >= 0.6 is 28.3 Å². The average Bonchev–Trinajstić information content (AvgIpc) is 2.41. The highest BCUT2D eigenvalue weighted by atomic mass is 79.9. The lowest BCUT2D eigenvalue weighted by atomic mass is 9.97. The van der Waals surface area contributed by atoms with Gasteiger partial charge in [0.2, 0.25) is 0 Å². The maximum absolute atomic E-state index is 12.5. The number of carbonyl (C=O) groups excluding carboxylic acids is 1. The molecule has 1 heterocycles. The minimum absolute atomic E-state index is 0. The van der Waals surface area contributed by atoms with Crippen LogP contribution in [0.25, 0.3) is 0 Å². The molecule has 3 nitrogen and oxygen atoms in total. The van der Waals surface area contributed by atoms with Gasteiger partial charge in [-0.3, -0.25) is 4.79 Å². The normalized spacial score (nSPS) is 18.9. The Hall–Kier alpha value is -0.580. The van der Waals surface area contributed by atoms with E-state index in [4.69, 9.17) is 5.73 Å². The van der Waals surface area contributed by atoms with Gasteiger partial charge in [0.25, 0.3) is 5.91 Å². The molecule has 5 heteroatoms. The molecule has 1 fully saturated rings. The van der Waals surface area contributed by atoms with E-state index >= 15 is 0 Å². The molecule has 0 bridgehead atoms. The fraction of sp³-hybridized carbons (Fsp3) is 0.500. The molecule has 2 N–H and O–H groups in total. The molecular formula is C14H20BrClN2O. The Morgan fingerprint density at radius 1 is 1.53 bits per heavy atom. The van der Waals surface area contributed by atoms with E-state index in [9.17, 15) is 4.79 Å². The molecule has 1 amide bonds. The van der Waals surface area contributed by atoms with E-state index in [1.165, 1.54) is 0 Å². The highest BCUT2D eigenvalue weighted by Gasteiger charge is 2.24. The van der Waals surface area contributed by atoms with E-state index in [0.717, 1.165) is 41.5 Å². The largest absolute Gasteiger partial charge is 0.338 e. The zero-order valence-corrected chi connectivity index (χ0v) is 13.5. The van der Waals surface area contributed by atoms with Crippen molar-refractivity contribution in [1.82, 2.24) is 4.90 Å². The molecule has 2 rings (SSSR count). The monoisotopic (exact) mass is 346 g/mol. The third-order valence-electron chi connectivity index (χ3n) is 3.64. The van der Waals surface area contributed by atoms with Gasteiger partial charge in [-0.2, -0.15) is 0 Å². The van der Waals surface area contributed by atoms with Gasteiger partial charge in [-0.15, -0.1) is 12.4 Å². The molecule has 0 saturated carbocycles. The summed E-state index contributed by atoms with van der Waals surface area (Å²) >= 11 is 3.47. The van der Waals surface area contributed by atoms with E-state index in [0.29, 0.717) is 12.5 Å². The summed E-state index contributed by atoms with van der Waals surface area (Å²) in [6, 6.07) is 5.77. The van der Waals surface area contributed by atoms with Gasteiger partial charge in [-0.05, 0) is 49.9 Å². The Kier molecular flexibility index (Phi) is 6.30. The molecule has 1 aromatic carbocycles. The number of hydrogen-bond donors (Lipinski definition) is 1. The van der Waals surface area contributed by atoms with Crippen molar-refractivity contribution < 1.29 is 4.79 Å². The summed E-state index contributed by atoms with van der Waals surface area (Å²) in [5, 5.41) is 0. The lowest BCUT2D eigenvalue weighted by Gasteiger charge is -2.32. The molecule has 19 heavy (non-hydrogen) atoms. The first-order valence-electron chi connectivity index (χ1n) is 6.38. The predicted octanol–water partition coefficient (Wildman–Crippen LogP) is 2.99. The van der Waals surface area contributed by atoms with Crippen molar-refractivity contribution in [2.24, 2.45) is 11.7 Å². The van der Waals surface area contributed by atoms with E-state index < -0.39 is 0 Å². The fourth-order valence-corrected chi connectivity index (χ4v) is 2.82. The van der Waals surface area contributed by atoms with Crippen molar-refractivity contribution >= 4 is 34.2 Å². The second kappa shape index (κ2) is 7.27. The number of nitrogens with two attached hydrogens (primary N) is 1. The lowest BCUT2D eigenvalue weighted by Crippen LogP contribution is -2.42. The van der Waals surface area contributed by atoms with Crippen LogP contribution in [0.3, 0.4) is 0 Å². The second-order valence-electron chi connectivity index (χ2n) is 4.91. The lowest BCUT2D eigenvalue weighted by molar-refractivity contribution is 0.0677. The highest BCUT2D eigenvalue weighted by molar-refractivity contribution is 9.10. The summed E-state index contributed by atoms with van der Waals surface area (Å²) in [4.78, 5) is 14.4. The average molecular weight is 348 g/mol. The van der Waals surface area contributed by atoms with Gasteiger partial charge in [0.05, 0.1) is 0 Å². The van der Waals surface area contributed by atoms with Gasteiger partial charge < -0.3 is 10.6 Å². The summed E-state index contributed by atoms with van der Waals surface area (Å²) < 4.78 is 0.987. The molecule has 0 spiro atoms. The van der Waals surface area contributed by atoms with Gasteiger partial charge in [-0.1, -0.05) is 22.0 Å². The summed E-state index contributed by atoms with van der Waals surface area (Å²) in [6.07, 6.45) is 2.19. The molecule has 106 valence electrons. The number of piperidine rings is 1. The smallest absolute Gasteiger partial charge is 0.254 e. The Labute approximate surface area is 129 Å². The van der Waals surface area contributed by atoms with E-state index in [1.807, 2.05) is 30.0 Å². The summed E-state index contributed by atoms with van der Waals surface area (Å²) in [5.74, 6) is 0.585. The zero-order chi connectivity index (χ0) is 13.1. The third-order valence-corrected chi connectivity index (χ3v) is 4.50. The maximum atomic E-state index is 12.5. The van der Waals surface area contributed by atoms with Gasteiger partial charge in [0.15, 0.2) is 0 Å². The molecular weight excluding hydrogens is 328 g/mol. The number of amides is 1. The van der Waals surface area contributed by atoms with Crippen LogP contribution in [0.1, 0.15) is 28.8 Å². The van der Waals surface area contributed by atoms with Crippen molar-refractivity contribution in [3.8, 4) is 0 Å². The zero-order valence-electron chi connectivity index (χ0n) is 11.1. The molecule has 0 aliphatic carbocycles. The number of nitrogens with zero attached hydrogens (tertiary/aromatic N) is 1. The molecule has 1 aliphatic heterocycles. The topological polar surface area (TPSA) is 46.3 Å². The first-order chi connectivity index (χ1) is 8.63. The number of carbonyl (C=O) groups is 1. The Morgan fingerprint density at radius 3 is 2.95 bits per heavy atom.